The van der Waals surface area contributed by atoms with Crippen molar-refractivity contribution in [1.29, 1.82) is 5.26 Å². The predicted octanol–water partition coefficient (Wildman–Crippen LogP) is 2.36. The molecule has 0 radical (unpaired) electrons. The number of nitrogens with zero attached hydrogens (tertiary/aromatic N) is 2. The number of aliphatic hydroxyl groups is 1. The van der Waals surface area contributed by atoms with Gasteiger partial charge >= 0.3 is 6.18 Å². The van der Waals surface area contributed by atoms with Crippen LogP contribution < -0.4 is 0 Å². The lowest BCUT2D eigenvalue weighted by Gasteiger charge is -2.40. The molecular weight excluding hydrogens is 421 g/mol. The molecule has 1 aromatic heterocycles. The number of fused-ring (bicyclic) bond motifs is 6. The van der Waals surface area contributed by atoms with Crippen LogP contribution in [0.1, 0.15) is 36.1 Å². The fourth-order valence-electron chi connectivity index (χ4n) is 5.17. The predicted molar refractivity (Wildman–Crippen MR) is 95.2 cm³/mol. The Kier molecular flexibility index (Phi) is 3.71. The van der Waals surface area contributed by atoms with Gasteiger partial charge in [0.15, 0.2) is 5.60 Å². The quantitative estimate of drug-likeness (QED) is 0.626. The van der Waals surface area contributed by atoms with Crippen LogP contribution in [0.3, 0.4) is 0 Å². The van der Waals surface area contributed by atoms with E-state index in [9.17, 15) is 28.5 Å². The van der Waals surface area contributed by atoms with Gasteiger partial charge in [0.05, 0.1) is 47.2 Å². The van der Waals surface area contributed by atoms with Gasteiger partial charge in [-0.25, -0.2) is 0 Å². The van der Waals surface area contributed by atoms with Gasteiger partial charge in [0.1, 0.15) is 11.7 Å². The second-order valence-electron chi connectivity index (χ2n) is 8.08. The van der Waals surface area contributed by atoms with Gasteiger partial charge in [-0.1, -0.05) is 0 Å². The monoisotopic (exact) mass is 438 g/mol. The van der Waals surface area contributed by atoms with E-state index < -0.39 is 52.2 Å². The average Bonchev–Trinajstić information content (AvgIpc) is 3.39. The normalized spacial score (nSPS) is 30.7. The number of nitriles is 1. The number of rotatable bonds is 1. The molecule has 4 heterocycles. The second-order valence-corrected chi connectivity index (χ2v) is 8.08. The van der Waals surface area contributed by atoms with Crippen molar-refractivity contribution in [2.45, 2.75) is 43.1 Å². The minimum absolute atomic E-state index is 0.0302. The topological polar surface area (TPSA) is 117 Å². The molecule has 2 fully saturated rings. The lowest BCUT2D eigenvalue weighted by Crippen LogP contribution is -2.57. The van der Waals surface area contributed by atoms with E-state index in [1.54, 1.807) is 0 Å². The number of aromatic nitrogens is 1. The Balaban J connectivity index is 1.76. The first-order valence-electron chi connectivity index (χ1n) is 9.38. The number of benzene rings is 1. The van der Waals surface area contributed by atoms with Gasteiger partial charge in [-0.15, -0.1) is 0 Å². The molecule has 2 unspecified atom stereocenters. The molecule has 2 aromatic rings. The molecular formula is C20H17F3N2O6. The molecule has 2 bridgehead atoms. The zero-order valence-electron chi connectivity index (χ0n) is 16.3. The van der Waals surface area contributed by atoms with Crippen molar-refractivity contribution in [2.75, 3.05) is 13.2 Å². The van der Waals surface area contributed by atoms with Gasteiger partial charge in [-0.05, 0) is 32.0 Å². The van der Waals surface area contributed by atoms with E-state index in [4.69, 9.17) is 19.5 Å². The zero-order chi connectivity index (χ0) is 22.6. The van der Waals surface area contributed by atoms with Crippen molar-refractivity contribution >= 4 is 0 Å². The summed E-state index contributed by atoms with van der Waals surface area (Å²) >= 11 is 0. The van der Waals surface area contributed by atoms with E-state index >= 15 is 0 Å². The van der Waals surface area contributed by atoms with Crippen molar-refractivity contribution in [3.63, 3.8) is 0 Å². The summed E-state index contributed by atoms with van der Waals surface area (Å²) in [5, 5.41) is 42.0. The smallest absolute Gasteiger partial charge is 0.417 e. The number of alkyl halides is 3. The molecule has 3 atom stereocenters. The number of hydrogen-bond acceptors (Lipinski definition) is 7. The van der Waals surface area contributed by atoms with E-state index in [-0.39, 0.29) is 30.0 Å². The molecule has 3 aliphatic heterocycles. The standard InChI is InChI=1S/C20H17F3N2O6/c1-17-12-13(18(2,31-17)19(16(17)28)29-5-6-30-19)15(27)25(14(12)26)10-4-3-9(8-24)11(7-10)20(21,22)23/h3-4,7,16,26-28H,5-6H2,1-2H3/t16-,17?,18?/m0/s1. The van der Waals surface area contributed by atoms with Gasteiger partial charge in [0.25, 0.3) is 0 Å². The van der Waals surface area contributed by atoms with Gasteiger partial charge in [0.2, 0.25) is 17.5 Å². The first-order chi connectivity index (χ1) is 14.4. The number of hydrogen-bond donors (Lipinski definition) is 3. The highest BCUT2D eigenvalue weighted by molar-refractivity contribution is 5.63. The Bertz CT molecular complexity index is 1160. The molecule has 164 valence electrons. The summed E-state index contributed by atoms with van der Waals surface area (Å²) in [6.45, 7) is 3.33. The first kappa shape index (κ1) is 20.1. The highest BCUT2D eigenvalue weighted by Gasteiger charge is 2.79. The summed E-state index contributed by atoms with van der Waals surface area (Å²) in [6, 6.07) is 4.27. The fourth-order valence-corrected chi connectivity index (χ4v) is 5.17. The Morgan fingerprint density at radius 1 is 1.13 bits per heavy atom. The summed E-state index contributed by atoms with van der Waals surface area (Å²) < 4.78 is 58.5. The molecule has 0 amide bonds. The highest BCUT2D eigenvalue weighted by atomic mass is 19.4. The number of aromatic hydroxyl groups is 2. The Morgan fingerprint density at radius 3 is 2.32 bits per heavy atom. The third-order valence-electron chi connectivity index (χ3n) is 6.46. The van der Waals surface area contributed by atoms with Crippen LogP contribution in [0.5, 0.6) is 11.8 Å². The molecule has 0 saturated carbocycles. The Labute approximate surface area is 173 Å². The SMILES string of the molecule is CC12OC(C)(c3c1c(O)n(-c1ccc(C#N)c(C(F)(F)F)c1)c3O)C1(OCCO1)[C@H]2O. The zero-order valence-corrected chi connectivity index (χ0v) is 16.3. The molecule has 8 nitrogen and oxygen atoms in total. The number of halogens is 3. The third kappa shape index (κ3) is 2.13. The van der Waals surface area contributed by atoms with Gasteiger partial charge in [-0.2, -0.15) is 18.4 Å². The van der Waals surface area contributed by atoms with Crippen LogP contribution in [0.15, 0.2) is 18.2 Å². The molecule has 1 spiro atoms. The van der Waals surface area contributed by atoms with Crippen molar-refractivity contribution in [3.05, 3.63) is 40.5 Å². The molecule has 0 aliphatic carbocycles. The van der Waals surface area contributed by atoms with Gasteiger partial charge < -0.3 is 29.5 Å². The van der Waals surface area contributed by atoms with Crippen molar-refractivity contribution < 1.29 is 42.7 Å². The molecule has 1 aromatic carbocycles. The van der Waals surface area contributed by atoms with Gasteiger partial charge in [0, 0.05) is 0 Å². The van der Waals surface area contributed by atoms with Crippen molar-refractivity contribution in [2.24, 2.45) is 0 Å². The van der Waals surface area contributed by atoms with E-state index in [0.29, 0.717) is 6.07 Å². The van der Waals surface area contributed by atoms with Crippen LogP contribution >= 0.6 is 0 Å². The molecule has 3 aliphatic rings. The van der Waals surface area contributed by atoms with E-state index in [1.807, 2.05) is 0 Å². The van der Waals surface area contributed by atoms with Crippen LogP contribution in [-0.2, 0) is 31.6 Å². The maximum absolute atomic E-state index is 13.4. The minimum Gasteiger partial charge on any atom is -0.494 e. The largest absolute Gasteiger partial charge is 0.494 e. The van der Waals surface area contributed by atoms with E-state index in [1.165, 1.54) is 26.0 Å². The van der Waals surface area contributed by atoms with Crippen LogP contribution in [0.4, 0.5) is 13.2 Å². The molecule has 31 heavy (non-hydrogen) atoms. The maximum atomic E-state index is 13.4. The third-order valence-corrected chi connectivity index (χ3v) is 6.46. The summed E-state index contributed by atoms with van der Waals surface area (Å²) in [5.41, 5.74) is -5.05. The average molecular weight is 438 g/mol. The second kappa shape index (κ2) is 5.72. The van der Waals surface area contributed by atoms with Crippen molar-refractivity contribution in [3.8, 4) is 23.5 Å². The number of ether oxygens (including phenoxy) is 3. The Morgan fingerprint density at radius 2 is 1.74 bits per heavy atom. The fraction of sp³-hybridized carbons (Fsp3) is 0.450. The van der Waals surface area contributed by atoms with Crippen LogP contribution in [0.2, 0.25) is 0 Å². The maximum Gasteiger partial charge on any atom is 0.417 e. The molecule has 5 rings (SSSR count). The lowest BCUT2D eigenvalue weighted by atomic mass is 9.73. The van der Waals surface area contributed by atoms with E-state index in [2.05, 4.69) is 0 Å². The first-order valence-corrected chi connectivity index (χ1v) is 9.38. The molecule has 3 N–H and O–H groups in total. The van der Waals surface area contributed by atoms with Gasteiger partial charge in [-0.3, -0.25) is 4.57 Å². The number of aliphatic hydroxyl groups excluding tert-OH is 1. The van der Waals surface area contributed by atoms with Crippen LogP contribution in [-0.4, -0.2) is 45.0 Å². The van der Waals surface area contributed by atoms with Crippen molar-refractivity contribution in [1.82, 2.24) is 4.57 Å². The van der Waals surface area contributed by atoms with E-state index in [0.717, 1.165) is 10.6 Å². The van der Waals surface area contributed by atoms with Crippen LogP contribution in [0, 0.1) is 11.3 Å². The summed E-state index contributed by atoms with van der Waals surface area (Å²) in [7, 11) is 0. The van der Waals surface area contributed by atoms with Crippen LogP contribution in [0.25, 0.3) is 5.69 Å². The summed E-state index contributed by atoms with van der Waals surface area (Å²) in [6.07, 6.45) is -6.21. The molecule has 2 saturated heterocycles. The highest BCUT2D eigenvalue weighted by Crippen LogP contribution is 2.69. The molecule has 11 heteroatoms. The lowest BCUT2D eigenvalue weighted by molar-refractivity contribution is -0.263. The minimum atomic E-state index is -4.83. The Hall–Kier alpha value is -2.78. The summed E-state index contributed by atoms with van der Waals surface area (Å²) in [4.78, 5) is 0. The summed E-state index contributed by atoms with van der Waals surface area (Å²) in [5.74, 6) is -2.82.